The number of hydrogen-bond acceptors (Lipinski definition) is 3. The zero-order chi connectivity index (χ0) is 9.26. The van der Waals surface area contributed by atoms with Gasteiger partial charge in [-0.05, 0) is 18.2 Å². The molecule has 1 heterocycles. The van der Waals surface area contributed by atoms with E-state index in [0.717, 1.165) is 9.58 Å². The van der Waals surface area contributed by atoms with Crippen molar-refractivity contribution in [2.75, 3.05) is 0 Å². The van der Waals surface area contributed by atoms with E-state index < -0.39 is 0 Å². The van der Waals surface area contributed by atoms with Crippen LogP contribution in [0.2, 0.25) is 0 Å². The molecule has 0 fully saturated rings. The third-order valence-corrected chi connectivity index (χ3v) is 2.75. The van der Waals surface area contributed by atoms with Crippen molar-refractivity contribution in [3.8, 4) is 0 Å². The first-order valence-electron chi connectivity index (χ1n) is 3.67. The number of halogens is 1. The second-order valence-corrected chi connectivity index (χ2v) is 3.66. The number of rotatable bonds is 1. The molecule has 1 aromatic heterocycles. The Balaban J connectivity index is 2.68. The van der Waals surface area contributed by atoms with Crippen LogP contribution >= 0.6 is 11.3 Å². The van der Waals surface area contributed by atoms with E-state index in [-0.39, 0.29) is 5.82 Å². The van der Waals surface area contributed by atoms with Gasteiger partial charge in [-0.25, -0.2) is 4.39 Å². The van der Waals surface area contributed by atoms with Crippen LogP contribution in [0.3, 0.4) is 0 Å². The van der Waals surface area contributed by atoms with Gasteiger partial charge in [-0.15, -0.1) is 11.3 Å². The van der Waals surface area contributed by atoms with E-state index in [1.54, 1.807) is 12.1 Å². The molecular weight excluding hydrogens is 189 g/mol. The Kier molecular flexibility index (Phi) is 1.98. The quantitative estimate of drug-likeness (QED) is 0.423. The van der Waals surface area contributed by atoms with Crippen LogP contribution in [0.5, 0.6) is 0 Å². The largest absolute Gasteiger partial charge is 0.411 e. The molecule has 0 aliphatic carbocycles. The van der Waals surface area contributed by atoms with Gasteiger partial charge in [0, 0.05) is 10.1 Å². The van der Waals surface area contributed by atoms with Crippen molar-refractivity contribution in [1.82, 2.24) is 0 Å². The topological polar surface area (TPSA) is 32.6 Å². The SMILES string of the molecule is O/N=C/c1cc2c(F)cccc2s1. The molecule has 0 bridgehead atoms. The van der Waals surface area contributed by atoms with Gasteiger partial charge in [-0.3, -0.25) is 0 Å². The van der Waals surface area contributed by atoms with Crippen molar-refractivity contribution >= 4 is 27.6 Å². The third-order valence-electron chi connectivity index (χ3n) is 1.71. The Morgan fingerprint density at radius 3 is 3.00 bits per heavy atom. The van der Waals surface area contributed by atoms with Crippen LogP contribution in [0.15, 0.2) is 29.4 Å². The molecular formula is C9H6FNOS. The summed E-state index contributed by atoms with van der Waals surface area (Å²) in [7, 11) is 0. The van der Waals surface area contributed by atoms with E-state index in [4.69, 9.17) is 5.21 Å². The van der Waals surface area contributed by atoms with Crippen molar-refractivity contribution in [3.05, 3.63) is 35.0 Å². The predicted octanol–water partition coefficient (Wildman–Crippen LogP) is 2.85. The van der Waals surface area contributed by atoms with Crippen LogP contribution in [-0.2, 0) is 0 Å². The monoisotopic (exact) mass is 195 g/mol. The van der Waals surface area contributed by atoms with Crippen LogP contribution < -0.4 is 0 Å². The summed E-state index contributed by atoms with van der Waals surface area (Å²) in [4.78, 5) is 0.739. The highest BCUT2D eigenvalue weighted by atomic mass is 32.1. The molecule has 0 aliphatic heterocycles. The highest BCUT2D eigenvalue weighted by molar-refractivity contribution is 7.20. The molecule has 13 heavy (non-hydrogen) atoms. The lowest BCUT2D eigenvalue weighted by atomic mass is 10.2. The average molecular weight is 195 g/mol. The molecule has 2 rings (SSSR count). The molecule has 1 aromatic carbocycles. The van der Waals surface area contributed by atoms with Gasteiger partial charge in [-0.1, -0.05) is 11.2 Å². The second kappa shape index (κ2) is 3.14. The Bertz CT molecular complexity index is 464. The summed E-state index contributed by atoms with van der Waals surface area (Å²) in [5, 5.41) is 11.8. The molecule has 0 amide bonds. The maximum Gasteiger partial charge on any atom is 0.131 e. The van der Waals surface area contributed by atoms with Gasteiger partial charge in [0.1, 0.15) is 5.82 Å². The number of hydrogen-bond donors (Lipinski definition) is 1. The van der Waals surface area contributed by atoms with E-state index >= 15 is 0 Å². The minimum Gasteiger partial charge on any atom is -0.411 e. The molecule has 0 radical (unpaired) electrons. The zero-order valence-corrected chi connectivity index (χ0v) is 7.38. The smallest absolute Gasteiger partial charge is 0.131 e. The molecule has 2 aromatic rings. The molecule has 0 saturated carbocycles. The molecule has 0 spiro atoms. The van der Waals surface area contributed by atoms with Crippen molar-refractivity contribution in [2.24, 2.45) is 5.16 Å². The summed E-state index contributed by atoms with van der Waals surface area (Å²) in [5.41, 5.74) is 0. The van der Waals surface area contributed by atoms with Gasteiger partial charge >= 0.3 is 0 Å². The fourth-order valence-electron chi connectivity index (χ4n) is 1.17. The molecule has 1 N–H and O–H groups in total. The molecule has 0 unspecified atom stereocenters. The van der Waals surface area contributed by atoms with Gasteiger partial charge in [0.05, 0.1) is 11.1 Å². The lowest BCUT2D eigenvalue weighted by Crippen LogP contribution is -1.72. The lowest BCUT2D eigenvalue weighted by Gasteiger charge is -1.87. The van der Waals surface area contributed by atoms with E-state index in [9.17, 15) is 4.39 Å². The minimum absolute atomic E-state index is 0.244. The predicted molar refractivity (Wildman–Crippen MR) is 51.2 cm³/mol. The van der Waals surface area contributed by atoms with Gasteiger partial charge < -0.3 is 5.21 Å². The first-order valence-corrected chi connectivity index (χ1v) is 4.48. The molecule has 66 valence electrons. The Morgan fingerprint density at radius 1 is 1.46 bits per heavy atom. The van der Waals surface area contributed by atoms with Gasteiger partial charge in [-0.2, -0.15) is 0 Å². The fraction of sp³-hybridized carbons (Fsp3) is 0. The van der Waals surface area contributed by atoms with Crippen LogP contribution in [0.25, 0.3) is 10.1 Å². The van der Waals surface area contributed by atoms with Crippen molar-refractivity contribution in [1.29, 1.82) is 0 Å². The van der Waals surface area contributed by atoms with E-state index in [1.165, 1.54) is 23.6 Å². The van der Waals surface area contributed by atoms with Crippen LogP contribution in [-0.4, -0.2) is 11.4 Å². The van der Waals surface area contributed by atoms with Crippen molar-refractivity contribution in [3.63, 3.8) is 0 Å². The maximum absolute atomic E-state index is 13.1. The Hall–Kier alpha value is -1.42. The Labute approximate surface area is 77.9 Å². The summed E-state index contributed by atoms with van der Waals surface area (Å²) in [6.45, 7) is 0. The highest BCUT2D eigenvalue weighted by Crippen LogP contribution is 2.26. The lowest BCUT2D eigenvalue weighted by molar-refractivity contribution is 0.322. The highest BCUT2D eigenvalue weighted by Gasteiger charge is 2.03. The second-order valence-electron chi connectivity index (χ2n) is 2.54. The standard InChI is InChI=1S/C9H6FNOS/c10-8-2-1-3-9-7(8)4-6(13-9)5-11-12/h1-5,12H/b11-5+. The van der Waals surface area contributed by atoms with Gasteiger partial charge in [0.2, 0.25) is 0 Å². The number of fused-ring (bicyclic) bond motifs is 1. The van der Waals surface area contributed by atoms with Crippen LogP contribution in [0.4, 0.5) is 4.39 Å². The third kappa shape index (κ3) is 1.40. The maximum atomic E-state index is 13.1. The van der Waals surface area contributed by atoms with Crippen LogP contribution in [0, 0.1) is 5.82 Å². The first kappa shape index (κ1) is 8.19. The van der Waals surface area contributed by atoms with Crippen molar-refractivity contribution in [2.45, 2.75) is 0 Å². The summed E-state index contributed by atoms with van der Waals surface area (Å²) in [6.07, 6.45) is 1.30. The summed E-state index contributed by atoms with van der Waals surface area (Å²) >= 11 is 1.39. The number of thiophene rings is 1. The van der Waals surface area contributed by atoms with Gasteiger partial charge in [0.25, 0.3) is 0 Å². The van der Waals surface area contributed by atoms with Crippen LogP contribution in [0.1, 0.15) is 4.88 Å². The summed E-state index contributed by atoms with van der Waals surface area (Å²) < 4.78 is 14.0. The molecule has 0 saturated heterocycles. The fourth-order valence-corrected chi connectivity index (χ4v) is 2.11. The minimum atomic E-state index is -0.244. The molecule has 2 nitrogen and oxygen atoms in total. The normalized spacial score (nSPS) is 11.5. The molecule has 0 atom stereocenters. The average Bonchev–Trinajstić information content (AvgIpc) is 2.49. The van der Waals surface area contributed by atoms with Crippen molar-refractivity contribution < 1.29 is 9.60 Å². The van der Waals surface area contributed by atoms with Gasteiger partial charge in [0.15, 0.2) is 0 Å². The summed E-state index contributed by atoms with van der Waals surface area (Å²) in [5.74, 6) is -0.244. The zero-order valence-electron chi connectivity index (χ0n) is 6.57. The van der Waals surface area contributed by atoms with E-state index in [1.807, 2.05) is 6.07 Å². The first-order chi connectivity index (χ1) is 6.31. The van der Waals surface area contributed by atoms with E-state index in [2.05, 4.69) is 5.16 Å². The Morgan fingerprint density at radius 2 is 2.31 bits per heavy atom. The number of oxime groups is 1. The number of benzene rings is 1. The molecule has 0 aliphatic rings. The van der Waals surface area contributed by atoms with E-state index in [0.29, 0.717) is 5.39 Å². The summed E-state index contributed by atoms with van der Waals surface area (Å²) in [6, 6.07) is 6.57. The molecule has 4 heteroatoms. The number of nitrogens with zero attached hydrogens (tertiary/aromatic N) is 1.